The molecular weight excluding hydrogens is 528 g/mol. The summed E-state index contributed by atoms with van der Waals surface area (Å²) in [7, 11) is 0. The Hall–Kier alpha value is -2.83. The van der Waals surface area contributed by atoms with Gasteiger partial charge in [0.05, 0.1) is 0 Å². The van der Waals surface area contributed by atoms with Crippen molar-refractivity contribution < 1.29 is 14.3 Å². The molecule has 3 aromatic rings. The molecule has 7 heteroatoms. The van der Waals surface area contributed by atoms with Crippen LogP contribution >= 0.6 is 27.5 Å². The second-order valence-electron chi connectivity index (χ2n) is 8.42. The van der Waals surface area contributed by atoms with Crippen molar-refractivity contribution in [1.29, 1.82) is 0 Å². The summed E-state index contributed by atoms with van der Waals surface area (Å²) >= 11 is 9.61. The first-order valence-corrected chi connectivity index (χ1v) is 12.8. The van der Waals surface area contributed by atoms with E-state index in [2.05, 4.69) is 21.2 Å². The van der Waals surface area contributed by atoms with Crippen molar-refractivity contribution in [2.75, 3.05) is 6.61 Å². The molecule has 0 heterocycles. The van der Waals surface area contributed by atoms with E-state index in [1.54, 1.807) is 23.1 Å². The van der Waals surface area contributed by atoms with E-state index < -0.39 is 6.04 Å². The van der Waals surface area contributed by atoms with Crippen molar-refractivity contribution in [1.82, 2.24) is 10.2 Å². The van der Waals surface area contributed by atoms with Gasteiger partial charge in [-0.3, -0.25) is 9.59 Å². The maximum Gasteiger partial charge on any atom is 0.261 e. The summed E-state index contributed by atoms with van der Waals surface area (Å²) in [5.41, 5.74) is 1.80. The second-order valence-corrected chi connectivity index (χ2v) is 9.77. The number of nitrogens with one attached hydrogen (secondary N) is 1. The van der Waals surface area contributed by atoms with Gasteiger partial charge in [0.1, 0.15) is 11.8 Å². The van der Waals surface area contributed by atoms with E-state index in [1.165, 1.54) is 0 Å². The topological polar surface area (TPSA) is 58.6 Å². The third kappa shape index (κ3) is 8.41. The zero-order valence-corrected chi connectivity index (χ0v) is 22.3. The lowest BCUT2D eigenvalue weighted by Gasteiger charge is -2.32. The van der Waals surface area contributed by atoms with E-state index in [4.69, 9.17) is 16.3 Å². The molecule has 3 aromatic carbocycles. The monoisotopic (exact) mass is 556 g/mol. The van der Waals surface area contributed by atoms with E-state index >= 15 is 0 Å². The Bertz CT molecular complexity index is 1110. The van der Waals surface area contributed by atoms with E-state index in [-0.39, 0.29) is 31.0 Å². The molecule has 1 N–H and O–H groups in total. The predicted molar refractivity (Wildman–Crippen MR) is 143 cm³/mol. The van der Waals surface area contributed by atoms with Gasteiger partial charge in [0.25, 0.3) is 5.91 Å². The third-order valence-corrected chi connectivity index (χ3v) is 6.45. The van der Waals surface area contributed by atoms with Crippen LogP contribution in [0.15, 0.2) is 83.3 Å². The first-order valence-electron chi connectivity index (χ1n) is 11.6. The molecule has 0 aliphatic rings. The SMILES string of the molecule is CCC(C)NC(=O)C(Cc1ccccc1)N(Cc1cccc(Cl)c1)C(=O)COc1ccc(Br)cc1. The molecule has 0 aliphatic carbocycles. The quantitative estimate of drug-likeness (QED) is 0.313. The summed E-state index contributed by atoms with van der Waals surface area (Å²) < 4.78 is 6.70. The van der Waals surface area contributed by atoms with Gasteiger partial charge in [-0.2, -0.15) is 0 Å². The van der Waals surface area contributed by atoms with Gasteiger partial charge < -0.3 is 15.0 Å². The maximum atomic E-state index is 13.5. The molecule has 2 amide bonds. The summed E-state index contributed by atoms with van der Waals surface area (Å²) in [6.45, 7) is 4.01. The van der Waals surface area contributed by atoms with Crippen LogP contribution in [-0.2, 0) is 22.6 Å². The number of carbonyl (C=O) groups is 2. The van der Waals surface area contributed by atoms with Crippen molar-refractivity contribution in [2.24, 2.45) is 0 Å². The minimum Gasteiger partial charge on any atom is -0.484 e. The van der Waals surface area contributed by atoms with Crippen molar-refractivity contribution >= 4 is 39.3 Å². The number of amides is 2. The van der Waals surface area contributed by atoms with E-state index in [1.807, 2.05) is 74.5 Å². The highest BCUT2D eigenvalue weighted by Crippen LogP contribution is 2.19. The highest BCUT2D eigenvalue weighted by Gasteiger charge is 2.31. The molecule has 35 heavy (non-hydrogen) atoms. The summed E-state index contributed by atoms with van der Waals surface area (Å²) in [5, 5.41) is 3.63. The van der Waals surface area contributed by atoms with Crippen LogP contribution in [0.1, 0.15) is 31.4 Å². The summed E-state index contributed by atoms with van der Waals surface area (Å²) in [4.78, 5) is 28.6. The van der Waals surface area contributed by atoms with Gasteiger partial charge in [-0.05, 0) is 60.9 Å². The molecule has 0 radical (unpaired) electrons. The third-order valence-electron chi connectivity index (χ3n) is 5.69. The van der Waals surface area contributed by atoms with Crippen LogP contribution in [0.25, 0.3) is 0 Å². The molecule has 2 atom stereocenters. The first-order chi connectivity index (χ1) is 16.9. The van der Waals surface area contributed by atoms with Crippen LogP contribution in [0.2, 0.25) is 5.02 Å². The van der Waals surface area contributed by atoms with Crippen LogP contribution in [0, 0.1) is 0 Å². The molecule has 0 saturated carbocycles. The molecule has 3 rings (SSSR count). The van der Waals surface area contributed by atoms with Crippen LogP contribution in [0.3, 0.4) is 0 Å². The van der Waals surface area contributed by atoms with Gasteiger partial charge in [-0.15, -0.1) is 0 Å². The number of hydrogen-bond acceptors (Lipinski definition) is 3. The van der Waals surface area contributed by atoms with Gasteiger partial charge in [-0.1, -0.05) is 76.9 Å². The normalized spacial score (nSPS) is 12.5. The number of hydrogen-bond donors (Lipinski definition) is 1. The minimum absolute atomic E-state index is 0.0112. The lowest BCUT2D eigenvalue weighted by Crippen LogP contribution is -2.53. The molecule has 0 aliphatic heterocycles. The molecule has 184 valence electrons. The zero-order chi connectivity index (χ0) is 25.2. The number of ether oxygens (including phenoxy) is 1. The Morgan fingerprint density at radius 2 is 1.69 bits per heavy atom. The minimum atomic E-state index is -0.716. The Morgan fingerprint density at radius 1 is 1.00 bits per heavy atom. The molecule has 0 bridgehead atoms. The Balaban J connectivity index is 1.90. The van der Waals surface area contributed by atoms with Crippen molar-refractivity contribution in [3.63, 3.8) is 0 Å². The summed E-state index contributed by atoms with van der Waals surface area (Å²) in [6.07, 6.45) is 1.17. The highest BCUT2D eigenvalue weighted by atomic mass is 79.9. The van der Waals surface area contributed by atoms with Gasteiger partial charge in [0.15, 0.2) is 6.61 Å². The fraction of sp³-hybridized carbons (Fsp3) is 0.286. The molecule has 0 saturated heterocycles. The molecule has 0 aromatic heterocycles. The smallest absolute Gasteiger partial charge is 0.261 e. The van der Waals surface area contributed by atoms with E-state index in [0.29, 0.717) is 17.2 Å². The fourth-order valence-corrected chi connectivity index (χ4v) is 4.06. The molecular formula is C28H30BrClN2O3. The molecule has 2 unspecified atom stereocenters. The van der Waals surface area contributed by atoms with E-state index in [9.17, 15) is 9.59 Å². The zero-order valence-electron chi connectivity index (χ0n) is 19.9. The molecule has 0 fully saturated rings. The average Bonchev–Trinajstić information content (AvgIpc) is 2.86. The number of nitrogens with zero attached hydrogens (tertiary/aromatic N) is 1. The number of carbonyl (C=O) groups excluding carboxylic acids is 2. The Labute approximate surface area is 220 Å². The second kappa shape index (κ2) is 13.3. The first kappa shape index (κ1) is 26.8. The predicted octanol–water partition coefficient (Wildman–Crippen LogP) is 6.04. The summed E-state index contributed by atoms with van der Waals surface area (Å²) in [6, 6.07) is 23.6. The highest BCUT2D eigenvalue weighted by molar-refractivity contribution is 9.10. The van der Waals surface area contributed by atoms with Gasteiger partial charge >= 0.3 is 0 Å². The van der Waals surface area contributed by atoms with Crippen LogP contribution in [0.5, 0.6) is 5.75 Å². The lowest BCUT2D eigenvalue weighted by atomic mass is 10.0. The standard InChI is InChI=1S/C28H30BrClN2O3/c1-3-20(2)31-28(34)26(17-21-8-5-4-6-9-21)32(18-22-10-7-11-24(30)16-22)27(33)19-35-25-14-12-23(29)13-15-25/h4-16,20,26H,3,17-19H2,1-2H3,(H,31,34). The fourth-order valence-electron chi connectivity index (χ4n) is 3.59. The maximum absolute atomic E-state index is 13.5. The van der Waals surface area contributed by atoms with Crippen LogP contribution in [-0.4, -0.2) is 35.4 Å². The number of rotatable bonds is 11. The van der Waals surface area contributed by atoms with Crippen molar-refractivity contribution in [2.45, 2.75) is 45.3 Å². The van der Waals surface area contributed by atoms with Crippen LogP contribution in [0.4, 0.5) is 0 Å². The molecule has 5 nitrogen and oxygen atoms in total. The summed E-state index contributed by atoms with van der Waals surface area (Å²) in [5.74, 6) is 0.100. The van der Waals surface area contributed by atoms with Crippen LogP contribution < -0.4 is 10.1 Å². The lowest BCUT2D eigenvalue weighted by molar-refractivity contribution is -0.143. The van der Waals surface area contributed by atoms with E-state index in [0.717, 1.165) is 22.0 Å². The van der Waals surface area contributed by atoms with Crippen molar-refractivity contribution in [3.8, 4) is 5.75 Å². The average molecular weight is 558 g/mol. The largest absolute Gasteiger partial charge is 0.484 e. The van der Waals surface area contributed by atoms with Gasteiger partial charge in [0.2, 0.25) is 5.91 Å². The van der Waals surface area contributed by atoms with Gasteiger partial charge in [-0.25, -0.2) is 0 Å². The van der Waals surface area contributed by atoms with Crippen molar-refractivity contribution in [3.05, 3.63) is 99.5 Å². The van der Waals surface area contributed by atoms with Gasteiger partial charge in [0, 0.05) is 28.5 Å². The Kier molecular flexibility index (Phi) is 10.2. The Morgan fingerprint density at radius 3 is 2.34 bits per heavy atom. The molecule has 0 spiro atoms. The number of benzene rings is 3. The number of halogens is 2.